The summed E-state index contributed by atoms with van der Waals surface area (Å²) in [5, 5.41) is 3.80. The topological polar surface area (TPSA) is 15.3 Å². The molecule has 0 aromatic carbocycles. The minimum Gasteiger partial charge on any atom is -0.312 e. The highest BCUT2D eigenvalue weighted by molar-refractivity contribution is 4.82. The van der Waals surface area contributed by atoms with Crippen molar-refractivity contribution in [1.29, 1.82) is 0 Å². The van der Waals surface area contributed by atoms with Crippen molar-refractivity contribution in [2.24, 2.45) is 0 Å². The Morgan fingerprint density at radius 1 is 1.06 bits per heavy atom. The molecule has 2 heteroatoms. The predicted octanol–water partition coefficient (Wildman–Crippen LogP) is 3.56. The van der Waals surface area contributed by atoms with Crippen LogP contribution in [0.4, 0.5) is 0 Å². The van der Waals surface area contributed by atoms with E-state index >= 15 is 0 Å². The normalized spacial score (nSPS) is 29.3. The van der Waals surface area contributed by atoms with Crippen LogP contribution < -0.4 is 5.32 Å². The van der Waals surface area contributed by atoms with E-state index in [0.29, 0.717) is 6.04 Å². The lowest BCUT2D eigenvalue weighted by Gasteiger charge is -2.35. The molecule has 1 saturated heterocycles. The van der Waals surface area contributed by atoms with Gasteiger partial charge in [-0.25, -0.2) is 0 Å². The molecule has 1 aliphatic carbocycles. The van der Waals surface area contributed by atoms with Crippen molar-refractivity contribution < 1.29 is 0 Å². The van der Waals surface area contributed by atoms with Gasteiger partial charge >= 0.3 is 0 Å². The number of hydrogen-bond acceptors (Lipinski definition) is 2. The van der Waals surface area contributed by atoms with Crippen molar-refractivity contribution in [2.75, 3.05) is 13.1 Å². The lowest BCUT2D eigenvalue weighted by Crippen LogP contribution is -2.47. The summed E-state index contributed by atoms with van der Waals surface area (Å²) in [6.45, 7) is 7.31. The molecular formula is C16H32N2. The van der Waals surface area contributed by atoms with Gasteiger partial charge in [-0.2, -0.15) is 0 Å². The molecule has 2 nitrogen and oxygen atoms in total. The van der Waals surface area contributed by atoms with Gasteiger partial charge in [0, 0.05) is 24.7 Å². The van der Waals surface area contributed by atoms with Crippen LogP contribution in [0.1, 0.15) is 71.6 Å². The summed E-state index contributed by atoms with van der Waals surface area (Å²) in [5.74, 6) is 0. The SMILES string of the molecule is CCC1CCCCCN1C(C)CNC1CCCC1. The van der Waals surface area contributed by atoms with Gasteiger partial charge in [-0.15, -0.1) is 0 Å². The highest BCUT2D eigenvalue weighted by Gasteiger charge is 2.24. The van der Waals surface area contributed by atoms with Gasteiger partial charge in [0.15, 0.2) is 0 Å². The Labute approximate surface area is 114 Å². The van der Waals surface area contributed by atoms with Crippen molar-refractivity contribution in [1.82, 2.24) is 10.2 Å². The van der Waals surface area contributed by atoms with Crippen LogP contribution in [0.5, 0.6) is 0 Å². The number of nitrogens with zero attached hydrogens (tertiary/aromatic N) is 1. The van der Waals surface area contributed by atoms with Gasteiger partial charge in [0.05, 0.1) is 0 Å². The fraction of sp³-hybridized carbons (Fsp3) is 1.00. The van der Waals surface area contributed by atoms with Gasteiger partial charge < -0.3 is 5.32 Å². The highest BCUT2D eigenvalue weighted by Crippen LogP contribution is 2.22. The largest absolute Gasteiger partial charge is 0.312 e. The number of hydrogen-bond donors (Lipinski definition) is 1. The average molecular weight is 252 g/mol. The van der Waals surface area contributed by atoms with Crippen LogP contribution in [0.2, 0.25) is 0 Å². The molecule has 0 spiro atoms. The standard InChI is InChI=1S/C16H32N2/c1-3-16-11-5-4-8-12-18(16)14(2)13-17-15-9-6-7-10-15/h14-17H,3-13H2,1-2H3. The summed E-state index contributed by atoms with van der Waals surface area (Å²) < 4.78 is 0. The molecule has 1 saturated carbocycles. The van der Waals surface area contributed by atoms with E-state index < -0.39 is 0 Å². The molecule has 18 heavy (non-hydrogen) atoms. The van der Waals surface area contributed by atoms with Gasteiger partial charge in [0.2, 0.25) is 0 Å². The van der Waals surface area contributed by atoms with E-state index in [9.17, 15) is 0 Å². The third-order valence-corrected chi connectivity index (χ3v) is 5.02. The first-order chi connectivity index (χ1) is 8.81. The van der Waals surface area contributed by atoms with Crippen molar-refractivity contribution in [3.8, 4) is 0 Å². The monoisotopic (exact) mass is 252 g/mol. The number of nitrogens with one attached hydrogen (secondary N) is 1. The minimum atomic E-state index is 0.716. The second kappa shape index (κ2) is 7.49. The third kappa shape index (κ3) is 3.96. The molecule has 2 atom stereocenters. The van der Waals surface area contributed by atoms with Crippen LogP contribution in [-0.2, 0) is 0 Å². The van der Waals surface area contributed by atoms with E-state index in [1.165, 1.54) is 70.9 Å². The van der Waals surface area contributed by atoms with E-state index in [0.717, 1.165) is 12.1 Å². The molecule has 1 N–H and O–H groups in total. The van der Waals surface area contributed by atoms with E-state index in [2.05, 4.69) is 24.1 Å². The summed E-state index contributed by atoms with van der Waals surface area (Å²) in [6, 6.07) is 2.38. The zero-order chi connectivity index (χ0) is 12.8. The van der Waals surface area contributed by atoms with E-state index in [1.54, 1.807) is 0 Å². The molecule has 0 radical (unpaired) electrons. The Morgan fingerprint density at radius 2 is 1.78 bits per heavy atom. The van der Waals surface area contributed by atoms with E-state index in [1.807, 2.05) is 0 Å². The van der Waals surface area contributed by atoms with Gasteiger partial charge in [0.1, 0.15) is 0 Å². The lowest BCUT2D eigenvalue weighted by atomic mass is 10.1. The van der Waals surface area contributed by atoms with Crippen LogP contribution >= 0.6 is 0 Å². The summed E-state index contributed by atoms with van der Waals surface area (Å²) >= 11 is 0. The average Bonchev–Trinajstić information content (AvgIpc) is 2.79. The minimum absolute atomic E-state index is 0.716. The van der Waals surface area contributed by atoms with Gasteiger partial charge in [0.25, 0.3) is 0 Å². The molecule has 0 bridgehead atoms. The van der Waals surface area contributed by atoms with E-state index in [-0.39, 0.29) is 0 Å². The molecular weight excluding hydrogens is 220 g/mol. The molecule has 2 fully saturated rings. The maximum atomic E-state index is 3.80. The first-order valence-corrected chi connectivity index (χ1v) is 8.30. The number of likely N-dealkylation sites (tertiary alicyclic amines) is 1. The van der Waals surface area contributed by atoms with Crippen LogP contribution in [0.25, 0.3) is 0 Å². The molecule has 2 unspecified atom stereocenters. The molecule has 2 aliphatic rings. The number of rotatable bonds is 5. The lowest BCUT2D eigenvalue weighted by molar-refractivity contribution is 0.138. The molecule has 2 rings (SSSR count). The Kier molecular flexibility index (Phi) is 5.97. The van der Waals surface area contributed by atoms with Gasteiger partial charge in [-0.1, -0.05) is 32.6 Å². The second-order valence-electron chi connectivity index (χ2n) is 6.39. The third-order valence-electron chi connectivity index (χ3n) is 5.02. The molecule has 1 heterocycles. The van der Waals surface area contributed by atoms with Crippen LogP contribution in [-0.4, -0.2) is 36.1 Å². The predicted molar refractivity (Wildman–Crippen MR) is 79.0 cm³/mol. The Balaban J connectivity index is 1.78. The van der Waals surface area contributed by atoms with Crippen molar-refractivity contribution in [3.05, 3.63) is 0 Å². The van der Waals surface area contributed by atoms with Crippen LogP contribution in [0, 0.1) is 0 Å². The van der Waals surface area contributed by atoms with Gasteiger partial charge in [-0.05, 0) is 45.6 Å². The first-order valence-electron chi connectivity index (χ1n) is 8.30. The molecule has 1 aliphatic heterocycles. The van der Waals surface area contributed by atoms with Crippen molar-refractivity contribution in [2.45, 2.75) is 89.8 Å². The summed E-state index contributed by atoms with van der Waals surface area (Å²) in [7, 11) is 0. The summed E-state index contributed by atoms with van der Waals surface area (Å²) in [4.78, 5) is 2.79. The van der Waals surface area contributed by atoms with Gasteiger partial charge in [-0.3, -0.25) is 4.90 Å². The Hall–Kier alpha value is -0.0800. The molecule has 0 amide bonds. The highest BCUT2D eigenvalue weighted by atomic mass is 15.2. The maximum absolute atomic E-state index is 3.80. The van der Waals surface area contributed by atoms with Crippen molar-refractivity contribution in [3.63, 3.8) is 0 Å². The van der Waals surface area contributed by atoms with Crippen LogP contribution in [0.15, 0.2) is 0 Å². The maximum Gasteiger partial charge on any atom is 0.0195 e. The first kappa shape index (κ1) is 14.3. The molecule has 0 aromatic rings. The quantitative estimate of drug-likeness (QED) is 0.805. The summed E-state index contributed by atoms with van der Waals surface area (Å²) in [5.41, 5.74) is 0. The fourth-order valence-corrected chi connectivity index (χ4v) is 3.80. The van der Waals surface area contributed by atoms with Crippen LogP contribution in [0.3, 0.4) is 0 Å². The van der Waals surface area contributed by atoms with E-state index in [4.69, 9.17) is 0 Å². The molecule has 0 aromatic heterocycles. The Morgan fingerprint density at radius 3 is 2.50 bits per heavy atom. The Bertz CT molecular complexity index is 223. The zero-order valence-electron chi connectivity index (χ0n) is 12.5. The zero-order valence-corrected chi connectivity index (χ0v) is 12.5. The second-order valence-corrected chi connectivity index (χ2v) is 6.39. The van der Waals surface area contributed by atoms with Crippen molar-refractivity contribution >= 4 is 0 Å². The smallest absolute Gasteiger partial charge is 0.0195 e. The summed E-state index contributed by atoms with van der Waals surface area (Å²) in [6.07, 6.45) is 12.7. The molecule has 106 valence electrons. The fourth-order valence-electron chi connectivity index (χ4n) is 3.80.